The molecule has 6 nitrogen and oxygen atoms in total. The molecule has 1 aliphatic heterocycles. The lowest BCUT2D eigenvalue weighted by Gasteiger charge is -2.36. The first-order chi connectivity index (χ1) is 14.1. The highest BCUT2D eigenvalue weighted by Crippen LogP contribution is 2.18. The molecular formula is C23H30N4O2. The molecule has 3 rings (SSSR count). The summed E-state index contributed by atoms with van der Waals surface area (Å²) in [5, 5.41) is 0. The standard InChI is InChI=1S/C23H30N4O2/c1-19(20-8-4-2-5-9-20)18-23(29)25-24-22(28)12-13-26-14-16-27(17-15-26)21-10-6-3-7-11-21/h2-11,19H,12-18H2,1H3,(H,24,28)(H,25,29)/t19-/m0/s1. The molecule has 154 valence electrons. The van der Waals surface area contributed by atoms with Crippen LogP contribution in [0.25, 0.3) is 0 Å². The fourth-order valence-electron chi connectivity index (χ4n) is 3.56. The minimum atomic E-state index is -0.175. The molecule has 0 spiro atoms. The first-order valence-corrected chi connectivity index (χ1v) is 10.3. The van der Waals surface area contributed by atoms with Gasteiger partial charge in [0.15, 0.2) is 0 Å². The lowest BCUT2D eigenvalue weighted by molar-refractivity contribution is -0.129. The molecule has 1 saturated heterocycles. The van der Waals surface area contributed by atoms with Crippen LogP contribution in [0.15, 0.2) is 60.7 Å². The minimum Gasteiger partial charge on any atom is -0.369 e. The van der Waals surface area contributed by atoms with Crippen molar-refractivity contribution in [2.45, 2.75) is 25.7 Å². The summed E-state index contributed by atoms with van der Waals surface area (Å²) in [5.74, 6) is -0.226. The van der Waals surface area contributed by atoms with Crippen molar-refractivity contribution in [3.05, 3.63) is 66.2 Å². The Balaban J connectivity index is 1.31. The van der Waals surface area contributed by atoms with Crippen molar-refractivity contribution in [2.24, 2.45) is 0 Å². The minimum absolute atomic E-state index is 0.106. The van der Waals surface area contributed by atoms with E-state index in [1.807, 2.05) is 43.3 Å². The number of nitrogens with one attached hydrogen (secondary N) is 2. The molecule has 1 fully saturated rings. The third-order valence-electron chi connectivity index (χ3n) is 5.35. The zero-order valence-electron chi connectivity index (χ0n) is 17.0. The van der Waals surface area contributed by atoms with Crippen LogP contribution in [0.5, 0.6) is 0 Å². The van der Waals surface area contributed by atoms with Gasteiger partial charge in [0.25, 0.3) is 0 Å². The highest BCUT2D eigenvalue weighted by Gasteiger charge is 2.18. The summed E-state index contributed by atoms with van der Waals surface area (Å²) in [6, 6.07) is 20.3. The third kappa shape index (κ3) is 6.61. The Kier molecular flexibility index (Phi) is 7.64. The summed E-state index contributed by atoms with van der Waals surface area (Å²) in [6.45, 7) is 6.49. The number of carbonyl (C=O) groups excluding carboxylic acids is 2. The molecule has 2 N–H and O–H groups in total. The second kappa shape index (κ2) is 10.6. The Bertz CT molecular complexity index is 774. The van der Waals surface area contributed by atoms with Crippen LogP contribution in [0.4, 0.5) is 5.69 Å². The topological polar surface area (TPSA) is 64.7 Å². The SMILES string of the molecule is C[C@@H](CC(=O)NNC(=O)CCN1CCN(c2ccccc2)CC1)c1ccccc1. The molecule has 0 radical (unpaired) electrons. The molecule has 0 aromatic heterocycles. The molecule has 0 bridgehead atoms. The van der Waals surface area contributed by atoms with Crippen LogP contribution in [0.3, 0.4) is 0 Å². The second-order valence-electron chi connectivity index (χ2n) is 7.53. The predicted octanol–water partition coefficient (Wildman–Crippen LogP) is 2.54. The summed E-state index contributed by atoms with van der Waals surface area (Å²) in [6.07, 6.45) is 0.714. The van der Waals surface area contributed by atoms with Crippen molar-refractivity contribution in [3.63, 3.8) is 0 Å². The molecule has 0 unspecified atom stereocenters. The number of benzene rings is 2. The first-order valence-electron chi connectivity index (χ1n) is 10.3. The van der Waals surface area contributed by atoms with Crippen LogP contribution in [-0.4, -0.2) is 49.4 Å². The lowest BCUT2D eigenvalue weighted by Crippen LogP contribution is -2.48. The van der Waals surface area contributed by atoms with Gasteiger partial charge in [-0.3, -0.25) is 25.3 Å². The van der Waals surface area contributed by atoms with Crippen molar-refractivity contribution in [3.8, 4) is 0 Å². The smallest absolute Gasteiger partial charge is 0.239 e. The highest BCUT2D eigenvalue weighted by molar-refractivity contribution is 5.82. The Morgan fingerprint density at radius 2 is 1.45 bits per heavy atom. The van der Waals surface area contributed by atoms with Crippen molar-refractivity contribution in [1.82, 2.24) is 15.8 Å². The van der Waals surface area contributed by atoms with Crippen LogP contribution < -0.4 is 15.8 Å². The number of anilines is 1. The Hall–Kier alpha value is -2.86. The number of piperazine rings is 1. The maximum atomic E-state index is 12.1. The second-order valence-corrected chi connectivity index (χ2v) is 7.53. The lowest BCUT2D eigenvalue weighted by atomic mass is 9.98. The fourth-order valence-corrected chi connectivity index (χ4v) is 3.56. The number of rotatable bonds is 7. The third-order valence-corrected chi connectivity index (χ3v) is 5.35. The number of amides is 2. The Labute approximate surface area is 172 Å². The quantitative estimate of drug-likeness (QED) is 0.709. The van der Waals surface area contributed by atoms with E-state index in [4.69, 9.17) is 0 Å². The van der Waals surface area contributed by atoms with Crippen LogP contribution in [-0.2, 0) is 9.59 Å². The summed E-state index contributed by atoms with van der Waals surface area (Å²) in [7, 11) is 0. The number of hydrazine groups is 1. The van der Waals surface area contributed by atoms with Gasteiger partial charge in [0.2, 0.25) is 11.8 Å². The number of para-hydroxylation sites is 1. The van der Waals surface area contributed by atoms with Gasteiger partial charge in [0.05, 0.1) is 0 Å². The van der Waals surface area contributed by atoms with E-state index >= 15 is 0 Å². The number of carbonyl (C=O) groups is 2. The van der Waals surface area contributed by atoms with Crippen LogP contribution >= 0.6 is 0 Å². The zero-order valence-corrected chi connectivity index (χ0v) is 17.0. The first kappa shape index (κ1) is 20.9. The van der Waals surface area contributed by atoms with Crippen molar-refractivity contribution in [1.29, 1.82) is 0 Å². The molecule has 29 heavy (non-hydrogen) atoms. The number of hydrogen-bond donors (Lipinski definition) is 2. The van der Waals surface area contributed by atoms with Gasteiger partial charge in [-0.25, -0.2) is 0 Å². The van der Waals surface area contributed by atoms with Crippen molar-refractivity contribution >= 4 is 17.5 Å². The van der Waals surface area contributed by atoms with E-state index in [-0.39, 0.29) is 17.7 Å². The molecule has 1 heterocycles. The van der Waals surface area contributed by atoms with E-state index in [1.165, 1.54) is 5.69 Å². The Morgan fingerprint density at radius 3 is 2.10 bits per heavy atom. The average molecular weight is 395 g/mol. The summed E-state index contributed by atoms with van der Waals surface area (Å²) < 4.78 is 0. The Morgan fingerprint density at radius 1 is 0.862 bits per heavy atom. The van der Waals surface area contributed by atoms with Gasteiger partial charge >= 0.3 is 0 Å². The monoisotopic (exact) mass is 394 g/mol. The van der Waals surface area contributed by atoms with E-state index in [9.17, 15) is 9.59 Å². The predicted molar refractivity (Wildman–Crippen MR) is 115 cm³/mol. The molecule has 2 amide bonds. The van der Waals surface area contributed by atoms with E-state index < -0.39 is 0 Å². The molecule has 1 aliphatic rings. The maximum absolute atomic E-state index is 12.1. The zero-order chi connectivity index (χ0) is 20.5. The van der Waals surface area contributed by atoms with E-state index in [0.717, 1.165) is 31.7 Å². The van der Waals surface area contributed by atoms with Gasteiger partial charge in [0, 0.05) is 51.3 Å². The maximum Gasteiger partial charge on any atom is 0.239 e. The largest absolute Gasteiger partial charge is 0.369 e. The van der Waals surface area contributed by atoms with E-state index in [0.29, 0.717) is 19.4 Å². The van der Waals surface area contributed by atoms with Crippen molar-refractivity contribution in [2.75, 3.05) is 37.6 Å². The van der Waals surface area contributed by atoms with Gasteiger partial charge in [-0.05, 0) is 23.6 Å². The summed E-state index contributed by atoms with van der Waals surface area (Å²) in [4.78, 5) is 28.8. The normalized spacial score (nSPS) is 15.6. The van der Waals surface area contributed by atoms with Crippen molar-refractivity contribution < 1.29 is 9.59 Å². The molecular weight excluding hydrogens is 364 g/mol. The van der Waals surface area contributed by atoms with E-state index in [1.54, 1.807) is 0 Å². The van der Waals surface area contributed by atoms with Crippen LogP contribution in [0.2, 0.25) is 0 Å². The van der Waals surface area contributed by atoms with Gasteiger partial charge in [-0.2, -0.15) is 0 Å². The average Bonchev–Trinajstić information content (AvgIpc) is 2.78. The van der Waals surface area contributed by atoms with Gasteiger partial charge < -0.3 is 4.90 Å². The summed E-state index contributed by atoms with van der Waals surface area (Å²) in [5.41, 5.74) is 7.43. The summed E-state index contributed by atoms with van der Waals surface area (Å²) >= 11 is 0. The highest BCUT2D eigenvalue weighted by atomic mass is 16.2. The molecule has 2 aromatic carbocycles. The van der Waals surface area contributed by atoms with Gasteiger partial charge in [-0.1, -0.05) is 55.5 Å². The fraction of sp³-hybridized carbons (Fsp3) is 0.391. The van der Waals surface area contributed by atoms with E-state index in [2.05, 4.69) is 44.9 Å². The van der Waals surface area contributed by atoms with Gasteiger partial charge in [-0.15, -0.1) is 0 Å². The number of nitrogens with zero attached hydrogens (tertiary/aromatic N) is 2. The number of hydrogen-bond acceptors (Lipinski definition) is 4. The molecule has 1 atom stereocenters. The molecule has 6 heteroatoms. The molecule has 0 saturated carbocycles. The molecule has 2 aromatic rings. The van der Waals surface area contributed by atoms with Gasteiger partial charge in [0.1, 0.15) is 0 Å². The van der Waals surface area contributed by atoms with Crippen LogP contribution in [0.1, 0.15) is 31.2 Å². The molecule has 0 aliphatic carbocycles. The van der Waals surface area contributed by atoms with Crippen LogP contribution in [0, 0.1) is 0 Å².